The highest BCUT2D eigenvalue weighted by molar-refractivity contribution is 7.90. The first-order valence-electron chi connectivity index (χ1n) is 5.73. The highest BCUT2D eigenvalue weighted by Crippen LogP contribution is 2.18. The van der Waals surface area contributed by atoms with Gasteiger partial charge in [-0.25, -0.2) is 0 Å². The van der Waals surface area contributed by atoms with Crippen molar-refractivity contribution in [2.75, 3.05) is 19.8 Å². The van der Waals surface area contributed by atoms with Crippen LogP contribution in [0.5, 0.6) is 0 Å². The van der Waals surface area contributed by atoms with Crippen LogP contribution in [0.25, 0.3) is 0 Å². The molecule has 0 saturated carbocycles. The average Bonchev–Trinajstić information content (AvgIpc) is 2.18. The van der Waals surface area contributed by atoms with Gasteiger partial charge in [0.2, 0.25) is 0 Å². The molecule has 0 aromatic rings. The molecule has 0 aromatic carbocycles. The first kappa shape index (κ1) is 13.3. The molecule has 1 aliphatic heterocycles. The first-order valence-corrected chi connectivity index (χ1v) is 6.88. The van der Waals surface area contributed by atoms with Gasteiger partial charge in [0.05, 0.1) is 0 Å². The zero-order valence-corrected chi connectivity index (χ0v) is 10.9. The molecule has 0 radical (unpaired) electrons. The Balaban J connectivity index is 2.10. The van der Waals surface area contributed by atoms with Gasteiger partial charge in [0, 0.05) is 31.1 Å². The quantitative estimate of drug-likeness (QED) is 0.754. The van der Waals surface area contributed by atoms with Crippen LogP contribution < -0.4 is 4.72 Å². The summed E-state index contributed by atoms with van der Waals surface area (Å²) in [5.41, 5.74) is 0. The van der Waals surface area contributed by atoms with E-state index < -0.39 is 11.4 Å². The molecule has 90 valence electrons. The smallest absolute Gasteiger partial charge is 0.136 e. The lowest BCUT2D eigenvalue weighted by atomic mass is 9.97. The van der Waals surface area contributed by atoms with Crippen molar-refractivity contribution in [3.8, 4) is 0 Å². The number of rotatable bonds is 4. The molecule has 0 amide bonds. The van der Waals surface area contributed by atoms with E-state index in [2.05, 4.69) is 4.72 Å². The van der Waals surface area contributed by atoms with E-state index in [0.717, 1.165) is 44.9 Å². The van der Waals surface area contributed by atoms with Gasteiger partial charge in [-0.1, -0.05) is 0 Å². The number of hydrogen-bond acceptors (Lipinski definition) is 3. The van der Waals surface area contributed by atoms with Crippen molar-refractivity contribution >= 4 is 11.4 Å². The molecule has 1 fully saturated rings. The van der Waals surface area contributed by atoms with Gasteiger partial charge in [-0.05, 0) is 46.0 Å². The molecule has 1 aliphatic rings. The topological polar surface area (TPSA) is 44.3 Å². The van der Waals surface area contributed by atoms with Crippen LogP contribution in [0.3, 0.4) is 0 Å². The van der Waals surface area contributed by atoms with E-state index in [4.69, 9.17) is 4.74 Å². The summed E-state index contributed by atoms with van der Waals surface area (Å²) in [6, 6.07) is 0. The van der Waals surface area contributed by atoms with E-state index in [-0.39, 0.29) is 4.75 Å². The lowest BCUT2D eigenvalue weighted by molar-refractivity contribution is 0.0644. The Kier molecular flexibility index (Phi) is 5.39. The van der Waals surface area contributed by atoms with Gasteiger partial charge in [-0.15, -0.1) is 4.72 Å². The molecule has 1 atom stereocenters. The Hall–Kier alpha value is 0.230. The highest BCUT2D eigenvalue weighted by atomic mass is 32.2. The Morgan fingerprint density at radius 3 is 2.47 bits per heavy atom. The Morgan fingerprint density at radius 2 is 1.93 bits per heavy atom. The minimum atomic E-state index is -0.923. The van der Waals surface area contributed by atoms with Crippen LogP contribution in [-0.4, -0.2) is 29.1 Å². The molecule has 15 heavy (non-hydrogen) atoms. The predicted molar refractivity (Wildman–Crippen MR) is 64.1 cm³/mol. The molecule has 1 N–H and O–H groups in total. The van der Waals surface area contributed by atoms with Crippen molar-refractivity contribution in [1.29, 1.82) is 0 Å². The fourth-order valence-corrected chi connectivity index (χ4v) is 2.34. The third kappa shape index (κ3) is 5.20. The maximum Gasteiger partial charge on any atom is 0.136 e. The lowest BCUT2D eigenvalue weighted by Gasteiger charge is -2.25. The van der Waals surface area contributed by atoms with E-state index in [1.165, 1.54) is 0 Å². The number of hydrogen-bond donors (Lipinski definition) is 1. The molecule has 0 bridgehead atoms. The lowest BCUT2D eigenvalue weighted by Crippen LogP contribution is -2.40. The maximum absolute atomic E-state index is 11.7. The molecular weight excluding hydrogens is 210 g/mol. The van der Waals surface area contributed by atoms with Crippen molar-refractivity contribution in [2.45, 2.75) is 44.8 Å². The van der Waals surface area contributed by atoms with Gasteiger partial charge in [0.1, 0.15) is 4.75 Å². The van der Waals surface area contributed by atoms with E-state index in [1.54, 1.807) is 0 Å². The molecule has 0 unspecified atom stereocenters. The molecule has 0 aliphatic carbocycles. The molecule has 3 nitrogen and oxygen atoms in total. The number of ether oxygens (including phenoxy) is 1. The molecule has 1 rings (SSSR count). The Bertz CT molecular complexity index is 176. The van der Waals surface area contributed by atoms with Crippen LogP contribution in [0.4, 0.5) is 0 Å². The molecule has 4 heteroatoms. The van der Waals surface area contributed by atoms with Crippen LogP contribution in [0.1, 0.15) is 40.0 Å². The highest BCUT2D eigenvalue weighted by Gasteiger charge is 2.26. The second-order valence-electron chi connectivity index (χ2n) is 5.12. The minimum absolute atomic E-state index is 0.157. The normalized spacial score (nSPS) is 21.6. The zero-order valence-electron chi connectivity index (χ0n) is 10.0. The summed E-state index contributed by atoms with van der Waals surface area (Å²) in [5.74, 6) is 0.753. The van der Waals surface area contributed by atoms with Crippen LogP contribution in [0.15, 0.2) is 0 Å². The summed E-state index contributed by atoms with van der Waals surface area (Å²) in [6.45, 7) is 8.62. The summed E-state index contributed by atoms with van der Waals surface area (Å²) in [5, 5.41) is 0. The van der Waals surface area contributed by atoms with Crippen molar-refractivity contribution in [1.82, 2.24) is 4.72 Å². The van der Waals surface area contributed by atoms with E-state index in [0.29, 0.717) is 0 Å². The van der Waals surface area contributed by atoms with E-state index in [1.807, 2.05) is 20.8 Å². The zero-order chi connectivity index (χ0) is 11.3. The van der Waals surface area contributed by atoms with Gasteiger partial charge in [-0.2, -0.15) is 0 Å². The van der Waals surface area contributed by atoms with E-state index >= 15 is 0 Å². The van der Waals surface area contributed by atoms with Crippen molar-refractivity contribution in [3.05, 3.63) is 0 Å². The fraction of sp³-hybridized carbons (Fsp3) is 1.00. The van der Waals surface area contributed by atoms with Crippen LogP contribution >= 0.6 is 0 Å². The first-order chi connectivity index (χ1) is 7.00. The van der Waals surface area contributed by atoms with Gasteiger partial charge in [0.15, 0.2) is 0 Å². The van der Waals surface area contributed by atoms with Crippen LogP contribution in [0, 0.1) is 5.92 Å². The van der Waals surface area contributed by atoms with Crippen LogP contribution in [0.2, 0.25) is 0 Å². The third-order valence-electron chi connectivity index (χ3n) is 2.68. The summed E-state index contributed by atoms with van der Waals surface area (Å²) < 4.78 is 19.9. The summed E-state index contributed by atoms with van der Waals surface area (Å²) in [7, 11) is 0. The summed E-state index contributed by atoms with van der Waals surface area (Å²) >= 11 is -0.923. The Morgan fingerprint density at radius 1 is 1.33 bits per heavy atom. The van der Waals surface area contributed by atoms with Gasteiger partial charge >= 0.3 is 0 Å². The standard InChI is InChI=1S/C11H23NO2S/c1-11(2,3)15(13)12-7-4-10-5-8-14-9-6-10/h10,12H,4-9H2,1-3H3/t15-/m1/s1. The minimum Gasteiger partial charge on any atom is -0.598 e. The molecule has 0 spiro atoms. The molecule has 1 heterocycles. The predicted octanol–water partition coefficient (Wildman–Crippen LogP) is 1.85. The third-order valence-corrected chi connectivity index (χ3v) is 4.26. The van der Waals surface area contributed by atoms with Crippen LogP contribution in [-0.2, 0) is 16.1 Å². The fourth-order valence-electron chi connectivity index (χ4n) is 1.61. The van der Waals surface area contributed by atoms with Gasteiger partial charge < -0.3 is 9.29 Å². The second-order valence-corrected chi connectivity index (χ2v) is 7.17. The molecule has 1 saturated heterocycles. The van der Waals surface area contributed by atoms with Crippen molar-refractivity contribution < 1.29 is 9.29 Å². The van der Waals surface area contributed by atoms with Gasteiger partial charge in [0.25, 0.3) is 0 Å². The maximum atomic E-state index is 11.7. The summed E-state index contributed by atoms with van der Waals surface area (Å²) in [4.78, 5) is 0. The average molecular weight is 233 g/mol. The monoisotopic (exact) mass is 233 g/mol. The second kappa shape index (κ2) is 6.09. The van der Waals surface area contributed by atoms with E-state index in [9.17, 15) is 4.55 Å². The van der Waals surface area contributed by atoms with Gasteiger partial charge in [-0.3, -0.25) is 0 Å². The Labute approximate surface area is 96.3 Å². The molecular formula is C11H23NO2S. The molecule has 0 aromatic heterocycles. The number of nitrogens with one attached hydrogen (secondary N) is 1. The largest absolute Gasteiger partial charge is 0.598 e. The van der Waals surface area contributed by atoms with Crippen molar-refractivity contribution in [2.24, 2.45) is 5.92 Å². The summed E-state index contributed by atoms with van der Waals surface area (Å²) in [6.07, 6.45) is 3.43. The SMILES string of the molecule is CC(C)(C)[S@@+]([O-])NCCC1CCOCC1. The van der Waals surface area contributed by atoms with Crippen molar-refractivity contribution in [3.63, 3.8) is 0 Å².